The Morgan fingerprint density at radius 3 is 2.89 bits per heavy atom. The van der Waals surface area contributed by atoms with Gasteiger partial charge >= 0.3 is 0 Å². The highest BCUT2D eigenvalue weighted by Gasteiger charge is 2.23. The van der Waals surface area contributed by atoms with E-state index in [0.717, 1.165) is 4.90 Å². The van der Waals surface area contributed by atoms with Gasteiger partial charge in [-0.05, 0) is 12.1 Å². The highest BCUT2D eigenvalue weighted by Crippen LogP contribution is 2.32. The van der Waals surface area contributed by atoms with Crippen molar-refractivity contribution in [3.05, 3.63) is 62.7 Å². The van der Waals surface area contributed by atoms with Crippen molar-refractivity contribution in [2.45, 2.75) is 13.2 Å². The lowest BCUT2D eigenvalue weighted by Gasteiger charge is -2.22. The number of anilines is 1. The molecule has 0 aromatic heterocycles. The Morgan fingerprint density at radius 2 is 2.15 bits per heavy atom. The van der Waals surface area contributed by atoms with E-state index >= 15 is 0 Å². The number of para-hydroxylation sites is 1. The summed E-state index contributed by atoms with van der Waals surface area (Å²) in [7, 11) is 1.83. The molecule has 0 fully saturated rings. The topological polar surface area (TPSA) is 95.1 Å². The van der Waals surface area contributed by atoms with Crippen LogP contribution in [-0.2, 0) is 22.7 Å². The number of likely N-dealkylation sites (N-methyl/N-ethyl adjacent to an activating group) is 1. The molecule has 0 spiro atoms. The molecule has 0 bridgehead atoms. The van der Waals surface area contributed by atoms with Crippen LogP contribution in [0.4, 0.5) is 11.4 Å². The fourth-order valence-electron chi connectivity index (χ4n) is 2.94. The SMILES string of the molecule is C[NH+](CC(=O)Nc1ccccc1Cl)Cc1cc([N+](=O)[O-])cc2c1OCOC2. The van der Waals surface area contributed by atoms with E-state index in [4.69, 9.17) is 21.1 Å². The summed E-state index contributed by atoms with van der Waals surface area (Å²) in [6.07, 6.45) is 0. The maximum Gasteiger partial charge on any atom is 0.279 e. The molecule has 1 atom stereocenters. The van der Waals surface area contributed by atoms with E-state index in [1.165, 1.54) is 12.1 Å². The number of ether oxygens (including phenoxy) is 2. The molecule has 1 amide bonds. The smallest absolute Gasteiger partial charge is 0.279 e. The molecule has 27 heavy (non-hydrogen) atoms. The Balaban J connectivity index is 1.71. The number of rotatable bonds is 6. The van der Waals surface area contributed by atoms with E-state index in [-0.39, 0.29) is 31.5 Å². The van der Waals surface area contributed by atoms with E-state index in [1.54, 1.807) is 24.3 Å². The van der Waals surface area contributed by atoms with E-state index < -0.39 is 4.92 Å². The van der Waals surface area contributed by atoms with Crippen LogP contribution in [0, 0.1) is 10.1 Å². The molecule has 8 nitrogen and oxygen atoms in total. The molecule has 2 aromatic rings. The van der Waals surface area contributed by atoms with Crippen molar-refractivity contribution < 1.29 is 24.1 Å². The first-order valence-electron chi connectivity index (χ1n) is 8.30. The molecule has 3 rings (SSSR count). The number of carbonyl (C=O) groups excluding carboxylic acids is 1. The lowest BCUT2D eigenvalue weighted by atomic mass is 10.1. The molecule has 142 valence electrons. The van der Waals surface area contributed by atoms with Crippen LogP contribution >= 0.6 is 11.6 Å². The molecule has 2 N–H and O–H groups in total. The number of nitrogens with one attached hydrogen (secondary N) is 2. The predicted molar refractivity (Wildman–Crippen MR) is 98.9 cm³/mol. The van der Waals surface area contributed by atoms with Crippen molar-refractivity contribution in [1.29, 1.82) is 0 Å². The van der Waals surface area contributed by atoms with Crippen LogP contribution < -0.4 is 15.0 Å². The number of halogens is 1. The van der Waals surface area contributed by atoms with Gasteiger partial charge in [0.25, 0.3) is 11.6 Å². The van der Waals surface area contributed by atoms with Gasteiger partial charge in [0.15, 0.2) is 13.3 Å². The Kier molecular flexibility index (Phi) is 5.90. The average Bonchev–Trinajstić information content (AvgIpc) is 2.63. The van der Waals surface area contributed by atoms with Gasteiger partial charge in [-0.1, -0.05) is 23.7 Å². The minimum absolute atomic E-state index is 0.0221. The number of amides is 1. The third-order valence-corrected chi connectivity index (χ3v) is 4.41. The molecular formula is C18H19ClN3O5+. The molecular weight excluding hydrogens is 374 g/mol. The average molecular weight is 393 g/mol. The normalized spacial score (nSPS) is 14.0. The number of fused-ring (bicyclic) bond motifs is 1. The highest BCUT2D eigenvalue weighted by molar-refractivity contribution is 6.33. The first kappa shape index (κ1) is 19.1. The second-order valence-electron chi connectivity index (χ2n) is 6.30. The quantitative estimate of drug-likeness (QED) is 0.577. The molecule has 0 saturated carbocycles. The molecule has 0 aliphatic carbocycles. The zero-order chi connectivity index (χ0) is 19.4. The lowest BCUT2D eigenvalue weighted by Crippen LogP contribution is -3.08. The largest absolute Gasteiger partial charge is 0.467 e. The molecule has 0 radical (unpaired) electrons. The van der Waals surface area contributed by atoms with E-state index in [9.17, 15) is 14.9 Å². The van der Waals surface area contributed by atoms with Crippen molar-refractivity contribution in [2.75, 3.05) is 25.7 Å². The molecule has 9 heteroatoms. The zero-order valence-corrected chi connectivity index (χ0v) is 15.4. The minimum atomic E-state index is -0.447. The Labute approximate surface area is 160 Å². The third-order valence-electron chi connectivity index (χ3n) is 4.09. The van der Waals surface area contributed by atoms with Crippen LogP contribution in [0.1, 0.15) is 11.1 Å². The Morgan fingerprint density at radius 1 is 1.37 bits per heavy atom. The molecule has 1 aliphatic heterocycles. The summed E-state index contributed by atoms with van der Waals surface area (Å²) in [4.78, 5) is 23.9. The number of hydrogen-bond donors (Lipinski definition) is 2. The van der Waals surface area contributed by atoms with Gasteiger partial charge in [-0.2, -0.15) is 0 Å². The van der Waals surface area contributed by atoms with Crippen molar-refractivity contribution in [2.24, 2.45) is 0 Å². The minimum Gasteiger partial charge on any atom is -0.467 e. The number of nitro groups is 1. The number of benzene rings is 2. The first-order chi connectivity index (χ1) is 12.9. The molecule has 1 heterocycles. The Hall–Kier alpha value is -2.68. The predicted octanol–water partition coefficient (Wildman–Crippen LogP) is 1.77. The summed E-state index contributed by atoms with van der Waals surface area (Å²) in [6, 6.07) is 9.93. The summed E-state index contributed by atoms with van der Waals surface area (Å²) >= 11 is 6.05. The third kappa shape index (κ3) is 4.73. The van der Waals surface area contributed by atoms with E-state index in [0.29, 0.717) is 34.1 Å². The number of nitrogens with zero attached hydrogens (tertiary/aromatic N) is 1. The van der Waals surface area contributed by atoms with Gasteiger partial charge in [0, 0.05) is 17.7 Å². The Bertz CT molecular complexity index is 874. The van der Waals surface area contributed by atoms with Gasteiger partial charge < -0.3 is 19.7 Å². The summed E-state index contributed by atoms with van der Waals surface area (Å²) < 4.78 is 10.7. The fraction of sp³-hybridized carbons (Fsp3) is 0.278. The van der Waals surface area contributed by atoms with Gasteiger partial charge in [0.05, 0.1) is 34.9 Å². The maximum atomic E-state index is 12.3. The van der Waals surface area contributed by atoms with Crippen LogP contribution in [0.25, 0.3) is 0 Å². The maximum absolute atomic E-state index is 12.3. The molecule has 1 aliphatic rings. The van der Waals surface area contributed by atoms with Crippen molar-refractivity contribution in [1.82, 2.24) is 0 Å². The monoisotopic (exact) mass is 392 g/mol. The van der Waals surface area contributed by atoms with E-state index in [1.807, 2.05) is 7.05 Å². The van der Waals surface area contributed by atoms with Gasteiger partial charge in [-0.3, -0.25) is 14.9 Å². The molecule has 0 saturated heterocycles. The summed E-state index contributed by atoms with van der Waals surface area (Å²) in [6.45, 7) is 0.916. The van der Waals surface area contributed by atoms with Crippen molar-refractivity contribution in [3.8, 4) is 5.75 Å². The van der Waals surface area contributed by atoms with Gasteiger partial charge in [0.1, 0.15) is 12.3 Å². The molecule has 2 aromatic carbocycles. The number of carbonyl (C=O) groups is 1. The summed E-state index contributed by atoms with van der Waals surface area (Å²) in [5.41, 5.74) is 1.83. The van der Waals surface area contributed by atoms with Crippen LogP contribution in [0.2, 0.25) is 5.02 Å². The van der Waals surface area contributed by atoms with E-state index in [2.05, 4.69) is 5.32 Å². The number of quaternary nitrogens is 1. The first-order valence-corrected chi connectivity index (χ1v) is 8.68. The van der Waals surface area contributed by atoms with Crippen LogP contribution in [0.5, 0.6) is 5.75 Å². The number of nitro benzene ring substituents is 1. The van der Waals surface area contributed by atoms with Crippen molar-refractivity contribution in [3.63, 3.8) is 0 Å². The van der Waals surface area contributed by atoms with Gasteiger partial charge in [0.2, 0.25) is 0 Å². The zero-order valence-electron chi connectivity index (χ0n) is 14.7. The second-order valence-corrected chi connectivity index (χ2v) is 6.71. The summed E-state index contributed by atoms with van der Waals surface area (Å²) in [5.74, 6) is 0.391. The number of non-ortho nitro benzene ring substituents is 1. The van der Waals surface area contributed by atoms with Crippen LogP contribution in [0.15, 0.2) is 36.4 Å². The molecule has 1 unspecified atom stereocenters. The second kappa shape index (κ2) is 8.34. The fourth-order valence-corrected chi connectivity index (χ4v) is 3.12. The van der Waals surface area contributed by atoms with Gasteiger partial charge in [-0.25, -0.2) is 0 Å². The van der Waals surface area contributed by atoms with Crippen LogP contribution in [-0.4, -0.2) is 31.2 Å². The van der Waals surface area contributed by atoms with Gasteiger partial charge in [-0.15, -0.1) is 0 Å². The van der Waals surface area contributed by atoms with Crippen molar-refractivity contribution >= 4 is 28.9 Å². The standard InChI is InChI=1S/C18H18ClN3O5/c1-21(9-17(23)20-16-5-3-2-4-15(16)19)8-12-6-14(22(24)25)7-13-10-26-11-27-18(12)13/h2-7H,8-11H2,1H3,(H,20,23)/p+1. The van der Waals surface area contributed by atoms with Crippen LogP contribution in [0.3, 0.4) is 0 Å². The number of hydrogen-bond acceptors (Lipinski definition) is 5. The summed E-state index contributed by atoms with van der Waals surface area (Å²) in [5, 5.41) is 14.4. The lowest BCUT2D eigenvalue weighted by molar-refractivity contribution is -0.885. The highest BCUT2D eigenvalue weighted by atomic mass is 35.5.